The first-order valence-electron chi connectivity index (χ1n) is 9.91. The largest absolute Gasteiger partial charge is 0.481 e. The summed E-state index contributed by atoms with van der Waals surface area (Å²) in [6.07, 6.45) is 1.67. The van der Waals surface area contributed by atoms with E-state index in [0.29, 0.717) is 6.54 Å². The topological polar surface area (TPSA) is 75.6 Å². The zero-order valence-corrected chi connectivity index (χ0v) is 15.7. The SMILES string of the molecule is O=C(NCCC(c1ccccc1)c1ccccc1)[C@@H]1[C@@H](C(=O)O)[C@H]2CC[C@@H]1O2. The molecule has 0 saturated carbocycles. The van der Waals surface area contributed by atoms with Crippen LogP contribution in [-0.2, 0) is 14.3 Å². The molecule has 2 saturated heterocycles. The van der Waals surface area contributed by atoms with Crippen molar-refractivity contribution in [3.8, 4) is 0 Å². The first-order valence-corrected chi connectivity index (χ1v) is 9.91. The Bertz CT molecular complexity index is 784. The molecule has 2 aliphatic rings. The number of amides is 1. The first-order chi connectivity index (χ1) is 13.6. The molecule has 4 atom stereocenters. The average molecular weight is 379 g/mol. The maximum absolute atomic E-state index is 12.8. The molecule has 146 valence electrons. The number of carbonyl (C=O) groups excluding carboxylic acids is 1. The molecule has 2 aromatic rings. The number of fused-ring (bicyclic) bond motifs is 2. The predicted octanol–water partition coefficient (Wildman–Crippen LogP) is 3.20. The van der Waals surface area contributed by atoms with Crippen molar-refractivity contribution in [2.45, 2.75) is 37.4 Å². The third-order valence-electron chi connectivity index (χ3n) is 6.00. The number of ether oxygens (including phenoxy) is 1. The average Bonchev–Trinajstić information content (AvgIpc) is 3.34. The summed E-state index contributed by atoms with van der Waals surface area (Å²) in [6, 6.07) is 20.5. The van der Waals surface area contributed by atoms with Gasteiger partial charge < -0.3 is 15.2 Å². The molecule has 0 aromatic heterocycles. The molecule has 0 aliphatic carbocycles. The van der Waals surface area contributed by atoms with Crippen molar-refractivity contribution >= 4 is 11.9 Å². The summed E-state index contributed by atoms with van der Waals surface area (Å²) in [5, 5.41) is 12.5. The minimum absolute atomic E-state index is 0.175. The molecule has 5 nitrogen and oxygen atoms in total. The lowest BCUT2D eigenvalue weighted by molar-refractivity contribution is -0.147. The second kappa shape index (κ2) is 8.15. The van der Waals surface area contributed by atoms with E-state index in [4.69, 9.17) is 4.74 Å². The van der Waals surface area contributed by atoms with Crippen LogP contribution in [0.2, 0.25) is 0 Å². The number of aliphatic carboxylic acids is 1. The van der Waals surface area contributed by atoms with Gasteiger partial charge in [0.15, 0.2) is 0 Å². The lowest BCUT2D eigenvalue weighted by Crippen LogP contribution is -2.44. The Labute approximate surface area is 164 Å². The Kier molecular flexibility index (Phi) is 5.44. The Hall–Kier alpha value is -2.66. The highest BCUT2D eigenvalue weighted by molar-refractivity contribution is 5.86. The van der Waals surface area contributed by atoms with E-state index in [1.807, 2.05) is 36.4 Å². The summed E-state index contributed by atoms with van der Waals surface area (Å²) in [5.74, 6) is -2.26. The van der Waals surface area contributed by atoms with Gasteiger partial charge in [0.25, 0.3) is 0 Å². The normalized spacial score (nSPS) is 25.8. The number of carboxylic acids is 1. The summed E-state index contributed by atoms with van der Waals surface area (Å²) in [5.41, 5.74) is 2.41. The number of rotatable bonds is 7. The standard InChI is InChI=1S/C23H25NO4/c25-22(20-18-11-12-19(28-18)21(20)23(26)27)24-14-13-17(15-7-3-1-4-8-15)16-9-5-2-6-10-16/h1-10,17-21H,11-14H2,(H,24,25)(H,26,27)/t18-,19+,20-,21-/m0/s1. The zero-order valence-electron chi connectivity index (χ0n) is 15.7. The Morgan fingerprint density at radius 1 is 0.929 bits per heavy atom. The van der Waals surface area contributed by atoms with Gasteiger partial charge in [0, 0.05) is 12.5 Å². The van der Waals surface area contributed by atoms with Crippen molar-refractivity contribution in [2.24, 2.45) is 11.8 Å². The van der Waals surface area contributed by atoms with E-state index in [9.17, 15) is 14.7 Å². The zero-order chi connectivity index (χ0) is 19.5. The van der Waals surface area contributed by atoms with Gasteiger partial charge in [-0.3, -0.25) is 9.59 Å². The molecule has 2 aromatic carbocycles. The van der Waals surface area contributed by atoms with Gasteiger partial charge in [-0.2, -0.15) is 0 Å². The summed E-state index contributed by atoms with van der Waals surface area (Å²) in [6.45, 7) is 0.494. The smallest absolute Gasteiger partial charge is 0.310 e. The molecule has 2 bridgehead atoms. The van der Waals surface area contributed by atoms with Crippen LogP contribution in [0.3, 0.4) is 0 Å². The van der Waals surface area contributed by atoms with Gasteiger partial charge in [-0.25, -0.2) is 0 Å². The molecular weight excluding hydrogens is 354 g/mol. The third-order valence-corrected chi connectivity index (χ3v) is 6.00. The number of carboxylic acid groups (broad SMARTS) is 1. The highest BCUT2D eigenvalue weighted by atomic mass is 16.5. The van der Waals surface area contributed by atoms with Crippen LogP contribution in [0.5, 0.6) is 0 Å². The number of hydrogen-bond donors (Lipinski definition) is 2. The number of carbonyl (C=O) groups is 2. The van der Waals surface area contributed by atoms with Gasteiger partial charge in [-0.1, -0.05) is 60.7 Å². The molecule has 0 radical (unpaired) electrons. The van der Waals surface area contributed by atoms with E-state index in [0.717, 1.165) is 19.3 Å². The van der Waals surface area contributed by atoms with E-state index in [1.165, 1.54) is 11.1 Å². The maximum Gasteiger partial charge on any atom is 0.310 e. The van der Waals surface area contributed by atoms with Crippen molar-refractivity contribution in [3.63, 3.8) is 0 Å². The maximum atomic E-state index is 12.8. The molecule has 2 heterocycles. The second-order valence-corrected chi connectivity index (χ2v) is 7.63. The predicted molar refractivity (Wildman–Crippen MR) is 105 cm³/mol. The minimum Gasteiger partial charge on any atom is -0.481 e. The summed E-state index contributed by atoms with van der Waals surface area (Å²) < 4.78 is 5.70. The molecule has 2 aliphatic heterocycles. The van der Waals surface area contributed by atoms with Gasteiger partial charge in [0.05, 0.1) is 24.0 Å². The van der Waals surface area contributed by atoms with Gasteiger partial charge in [-0.15, -0.1) is 0 Å². The van der Waals surface area contributed by atoms with Crippen molar-refractivity contribution in [3.05, 3.63) is 71.8 Å². The van der Waals surface area contributed by atoms with Crippen LogP contribution in [0.1, 0.15) is 36.3 Å². The van der Waals surface area contributed by atoms with Crippen molar-refractivity contribution in [1.29, 1.82) is 0 Å². The Morgan fingerprint density at radius 3 is 2.00 bits per heavy atom. The molecule has 4 rings (SSSR count). The van der Waals surface area contributed by atoms with Crippen LogP contribution in [0.4, 0.5) is 0 Å². The van der Waals surface area contributed by atoms with Crippen molar-refractivity contribution < 1.29 is 19.4 Å². The van der Waals surface area contributed by atoms with E-state index in [-0.39, 0.29) is 24.0 Å². The van der Waals surface area contributed by atoms with Crippen molar-refractivity contribution in [1.82, 2.24) is 5.32 Å². The van der Waals surface area contributed by atoms with Crippen LogP contribution < -0.4 is 5.32 Å². The molecule has 1 amide bonds. The summed E-state index contributed by atoms with van der Waals surface area (Å²) in [4.78, 5) is 24.3. The molecule has 0 spiro atoms. The molecule has 0 unspecified atom stereocenters. The molecule has 2 fully saturated rings. The number of benzene rings is 2. The third kappa shape index (κ3) is 3.67. The fourth-order valence-electron chi connectivity index (χ4n) is 4.68. The van der Waals surface area contributed by atoms with E-state index >= 15 is 0 Å². The van der Waals surface area contributed by atoms with Crippen LogP contribution in [0.25, 0.3) is 0 Å². The van der Waals surface area contributed by atoms with Crippen LogP contribution >= 0.6 is 0 Å². The molecule has 2 N–H and O–H groups in total. The van der Waals surface area contributed by atoms with Crippen LogP contribution in [0, 0.1) is 11.8 Å². The monoisotopic (exact) mass is 379 g/mol. The van der Waals surface area contributed by atoms with Gasteiger partial charge >= 0.3 is 5.97 Å². The number of hydrogen-bond acceptors (Lipinski definition) is 3. The lowest BCUT2D eigenvalue weighted by atomic mass is 9.78. The lowest BCUT2D eigenvalue weighted by Gasteiger charge is -2.24. The summed E-state index contributed by atoms with van der Waals surface area (Å²) in [7, 11) is 0. The van der Waals surface area contributed by atoms with Gasteiger partial charge in [-0.05, 0) is 30.4 Å². The van der Waals surface area contributed by atoms with E-state index in [1.54, 1.807) is 0 Å². The first kappa shape index (κ1) is 18.7. The molecule has 28 heavy (non-hydrogen) atoms. The van der Waals surface area contributed by atoms with Crippen LogP contribution in [-0.4, -0.2) is 35.7 Å². The van der Waals surface area contributed by atoms with E-state index < -0.39 is 17.8 Å². The Morgan fingerprint density at radius 2 is 1.46 bits per heavy atom. The second-order valence-electron chi connectivity index (χ2n) is 7.63. The minimum atomic E-state index is -0.932. The van der Waals surface area contributed by atoms with Crippen LogP contribution in [0.15, 0.2) is 60.7 Å². The van der Waals surface area contributed by atoms with E-state index in [2.05, 4.69) is 29.6 Å². The highest BCUT2D eigenvalue weighted by Gasteiger charge is 2.55. The van der Waals surface area contributed by atoms with Gasteiger partial charge in [0.2, 0.25) is 5.91 Å². The van der Waals surface area contributed by atoms with Gasteiger partial charge in [0.1, 0.15) is 0 Å². The number of nitrogens with one attached hydrogen (secondary N) is 1. The fourth-order valence-corrected chi connectivity index (χ4v) is 4.68. The molecular formula is C23H25NO4. The quantitative estimate of drug-likeness (QED) is 0.775. The fraction of sp³-hybridized carbons (Fsp3) is 0.391. The summed E-state index contributed by atoms with van der Waals surface area (Å²) >= 11 is 0. The molecule has 5 heteroatoms. The Balaban J connectivity index is 1.42. The highest BCUT2D eigenvalue weighted by Crippen LogP contribution is 2.43. The van der Waals surface area contributed by atoms with Crippen molar-refractivity contribution in [2.75, 3.05) is 6.54 Å².